The molecule has 0 amide bonds. The summed E-state index contributed by atoms with van der Waals surface area (Å²) in [7, 11) is 3.74. The lowest BCUT2D eigenvalue weighted by Gasteiger charge is -2.38. The molecule has 1 aliphatic rings. The van der Waals surface area contributed by atoms with Crippen LogP contribution in [0.2, 0.25) is 0 Å². The predicted octanol–water partition coefficient (Wildman–Crippen LogP) is 1.73. The minimum Gasteiger partial charge on any atom is -0.389 e. The zero-order chi connectivity index (χ0) is 15.0. The molecule has 4 nitrogen and oxygen atoms in total. The third kappa shape index (κ3) is 6.08. The van der Waals surface area contributed by atoms with Crippen LogP contribution in [0.1, 0.15) is 39.5 Å². The monoisotopic (exact) mass is 286 g/mol. The molecule has 0 aromatic carbocycles. The summed E-state index contributed by atoms with van der Waals surface area (Å²) in [4.78, 5) is 2.26. The van der Waals surface area contributed by atoms with Crippen molar-refractivity contribution in [2.24, 2.45) is 11.8 Å². The standard InChI is InChI=1S/C16H34N2O2/c1-5-13-7-8-16(17-6-2)14(9-13)10-18(3)11-15(19)12-20-4/h13-17,19H,5-12H2,1-4H3. The third-order valence-corrected chi connectivity index (χ3v) is 4.56. The van der Waals surface area contributed by atoms with Crippen LogP contribution in [-0.2, 0) is 4.74 Å². The molecule has 0 bridgehead atoms. The number of nitrogens with one attached hydrogen (secondary N) is 1. The lowest BCUT2D eigenvalue weighted by molar-refractivity contribution is 0.0357. The van der Waals surface area contributed by atoms with Gasteiger partial charge in [0.25, 0.3) is 0 Å². The largest absolute Gasteiger partial charge is 0.389 e. The van der Waals surface area contributed by atoms with E-state index >= 15 is 0 Å². The first-order chi connectivity index (χ1) is 9.60. The SMILES string of the molecule is CCNC1CCC(CC)CC1CN(C)CC(O)COC. The van der Waals surface area contributed by atoms with Crippen molar-refractivity contribution < 1.29 is 9.84 Å². The molecule has 0 heterocycles. The first-order valence-electron chi connectivity index (χ1n) is 8.19. The molecule has 0 spiro atoms. The number of hydrogen-bond acceptors (Lipinski definition) is 4. The maximum atomic E-state index is 9.83. The Bertz CT molecular complexity index is 251. The Balaban J connectivity index is 2.46. The number of aliphatic hydroxyl groups excluding tert-OH is 1. The molecule has 1 aliphatic carbocycles. The van der Waals surface area contributed by atoms with Gasteiger partial charge in [0, 0.05) is 26.2 Å². The van der Waals surface area contributed by atoms with Crippen LogP contribution < -0.4 is 5.32 Å². The summed E-state index contributed by atoms with van der Waals surface area (Å²) in [5, 5.41) is 13.5. The number of ether oxygens (including phenoxy) is 1. The zero-order valence-electron chi connectivity index (χ0n) is 13.8. The van der Waals surface area contributed by atoms with Gasteiger partial charge in [-0.3, -0.25) is 0 Å². The molecule has 20 heavy (non-hydrogen) atoms. The topological polar surface area (TPSA) is 44.7 Å². The molecule has 0 radical (unpaired) electrons. The van der Waals surface area contributed by atoms with Crippen LogP contribution in [0.4, 0.5) is 0 Å². The highest BCUT2D eigenvalue weighted by molar-refractivity contribution is 4.86. The second-order valence-corrected chi connectivity index (χ2v) is 6.34. The second-order valence-electron chi connectivity index (χ2n) is 6.34. The molecule has 1 fully saturated rings. The summed E-state index contributed by atoms with van der Waals surface area (Å²) in [6.07, 6.45) is 4.89. The van der Waals surface area contributed by atoms with Crippen molar-refractivity contribution in [1.82, 2.24) is 10.2 Å². The van der Waals surface area contributed by atoms with Crippen LogP contribution in [0.3, 0.4) is 0 Å². The average molecular weight is 286 g/mol. The van der Waals surface area contributed by atoms with Crippen molar-refractivity contribution in [3.05, 3.63) is 0 Å². The maximum Gasteiger partial charge on any atom is 0.0899 e. The van der Waals surface area contributed by atoms with Crippen molar-refractivity contribution in [2.75, 3.05) is 40.4 Å². The highest BCUT2D eigenvalue weighted by atomic mass is 16.5. The van der Waals surface area contributed by atoms with E-state index in [1.165, 1.54) is 25.7 Å². The van der Waals surface area contributed by atoms with E-state index in [1.54, 1.807) is 7.11 Å². The number of methoxy groups -OCH3 is 1. The molecule has 0 aliphatic heterocycles. The van der Waals surface area contributed by atoms with E-state index in [0.29, 0.717) is 25.1 Å². The minimum absolute atomic E-state index is 0.381. The fourth-order valence-corrected chi connectivity index (χ4v) is 3.54. The summed E-state index contributed by atoms with van der Waals surface area (Å²) in [6.45, 7) is 7.72. The van der Waals surface area contributed by atoms with Crippen molar-refractivity contribution in [3.8, 4) is 0 Å². The van der Waals surface area contributed by atoms with Crippen LogP contribution in [0.25, 0.3) is 0 Å². The average Bonchev–Trinajstić information content (AvgIpc) is 2.41. The summed E-state index contributed by atoms with van der Waals surface area (Å²) in [6, 6.07) is 0.643. The Kier molecular flexibility index (Phi) is 8.69. The summed E-state index contributed by atoms with van der Waals surface area (Å²) < 4.78 is 5.00. The van der Waals surface area contributed by atoms with E-state index in [9.17, 15) is 5.11 Å². The van der Waals surface area contributed by atoms with Crippen LogP contribution in [0.5, 0.6) is 0 Å². The fraction of sp³-hybridized carbons (Fsp3) is 1.00. The number of likely N-dealkylation sites (N-methyl/N-ethyl adjacent to an activating group) is 1. The first kappa shape index (κ1) is 17.9. The zero-order valence-corrected chi connectivity index (χ0v) is 13.8. The summed E-state index contributed by atoms with van der Waals surface area (Å²) in [5.41, 5.74) is 0. The molecule has 4 atom stereocenters. The van der Waals surface area contributed by atoms with Crippen molar-refractivity contribution in [3.63, 3.8) is 0 Å². The molecule has 0 aromatic rings. The number of rotatable bonds is 9. The highest BCUT2D eigenvalue weighted by Crippen LogP contribution is 2.31. The molecule has 4 heteroatoms. The highest BCUT2D eigenvalue weighted by Gasteiger charge is 2.30. The third-order valence-electron chi connectivity index (χ3n) is 4.56. The van der Waals surface area contributed by atoms with Crippen LogP contribution in [0.15, 0.2) is 0 Å². The lowest BCUT2D eigenvalue weighted by Crippen LogP contribution is -2.46. The van der Waals surface area contributed by atoms with Crippen LogP contribution >= 0.6 is 0 Å². The van der Waals surface area contributed by atoms with Gasteiger partial charge < -0.3 is 20.1 Å². The first-order valence-corrected chi connectivity index (χ1v) is 8.19. The van der Waals surface area contributed by atoms with E-state index in [4.69, 9.17) is 4.74 Å². The fourth-order valence-electron chi connectivity index (χ4n) is 3.54. The van der Waals surface area contributed by atoms with E-state index in [-0.39, 0.29) is 6.10 Å². The van der Waals surface area contributed by atoms with Gasteiger partial charge in [-0.1, -0.05) is 20.3 Å². The Hall–Kier alpha value is -0.160. The normalized spacial score (nSPS) is 28.8. The van der Waals surface area contributed by atoms with Gasteiger partial charge in [0.05, 0.1) is 12.7 Å². The van der Waals surface area contributed by atoms with E-state index in [1.807, 2.05) is 0 Å². The molecular formula is C16H34N2O2. The van der Waals surface area contributed by atoms with Crippen molar-refractivity contribution in [1.29, 1.82) is 0 Å². The van der Waals surface area contributed by atoms with Crippen LogP contribution in [0, 0.1) is 11.8 Å². The molecule has 0 aromatic heterocycles. The van der Waals surface area contributed by atoms with Gasteiger partial charge in [-0.15, -0.1) is 0 Å². The Morgan fingerprint density at radius 1 is 1.35 bits per heavy atom. The Morgan fingerprint density at radius 3 is 2.70 bits per heavy atom. The number of nitrogens with zero attached hydrogens (tertiary/aromatic N) is 1. The smallest absolute Gasteiger partial charge is 0.0899 e. The van der Waals surface area contributed by atoms with E-state index in [2.05, 4.69) is 31.1 Å². The van der Waals surface area contributed by atoms with E-state index < -0.39 is 0 Å². The minimum atomic E-state index is -0.381. The lowest BCUT2D eigenvalue weighted by atomic mass is 9.76. The quantitative estimate of drug-likeness (QED) is 0.677. The predicted molar refractivity (Wildman–Crippen MR) is 84.0 cm³/mol. The second kappa shape index (κ2) is 9.72. The van der Waals surface area contributed by atoms with Gasteiger partial charge in [-0.05, 0) is 44.7 Å². The summed E-state index contributed by atoms with van der Waals surface area (Å²) >= 11 is 0. The Labute approximate surface area is 124 Å². The van der Waals surface area contributed by atoms with E-state index in [0.717, 1.165) is 19.0 Å². The summed E-state index contributed by atoms with van der Waals surface area (Å²) in [5.74, 6) is 1.58. The Morgan fingerprint density at radius 2 is 2.10 bits per heavy atom. The molecule has 0 saturated heterocycles. The number of aliphatic hydroxyl groups is 1. The molecule has 120 valence electrons. The van der Waals surface area contributed by atoms with Gasteiger partial charge in [0.15, 0.2) is 0 Å². The molecule has 1 saturated carbocycles. The molecule has 2 N–H and O–H groups in total. The van der Waals surface area contributed by atoms with Gasteiger partial charge in [0.1, 0.15) is 0 Å². The van der Waals surface area contributed by atoms with Gasteiger partial charge >= 0.3 is 0 Å². The number of hydrogen-bond donors (Lipinski definition) is 2. The van der Waals surface area contributed by atoms with Gasteiger partial charge in [0.2, 0.25) is 0 Å². The van der Waals surface area contributed by atoms with Crippen molar-refractivity contribution in [2.45, 2.75) is 51.7 Å². The van der Waals surface area contributed by atoms with Crippen LogP contribution in [-0.4, -0.2) is 62.6 Å². The molecular weight excluding hydrogens is 252 g/mol. The van der Waals surface area contributed by atoms with Crippen molar-refractivity contribution >= 4 is 0 Å². The maximum absolute atomic E-state index is 9.83. The van der Waals surface area contributed by atoms with Gasteiger partial charge in [-0.25, -0.2) is 0 Å². The molecule has 4 unspecified atom stereocenters. The molecule has 1 rings (SSSR count). The van der Waals surface area contributed by atoms with Gasteiger partial charge in [-0.2, -0.15) is 0 Å².